The van der Waals surface area contributed by atoms with Crippen LogP contribution in [-0.2, 0) is 10.0 Å². The third kappa shape index (κ3) is 2.91. The van der Waals surface area contributed by atoms with Crippen LogP contribution in [-0.4, -0.2) is 19.4 Å². The lowest BCUT2D eigenvalue weighted by Crippen LogP contribution is -2.38. The Balaban J connectivity index is 3.02. The number of rotatable bonds is 4. The van der Waals surface area contributed by atoms with Gasteiger partial charge in [-0.1, -0.05) is 29.8 Å². The SMILES string of the molecule is C=C(C)CN(N)S(=O)(=O)c1ccc(C)cc1. The van der Waals surface area contributed by atoms with Gasteiger partial charge in [-0.15, -0.1) is 4.41 Å². The average Bonchev–Trinajstić information content (AvgIpc) is 2.17. The second-order valence-electron chi connectivity index (χ2n) is 3.82. The molecule has 0 radical (unpaired) electrons. The molecule has 1 aromatic rings. The van der Waals surface area contributed by atoms with E-state index in [4.69, 9.17) is 5.84 Å². The van der Waals surface area contributed by atoms with E-state index in [0.29, 0.717) is 5.57 Å². The van der Waals surface area contributed by atoms with Gasteiger partial charge >= 0.3 is 0 Å². The molecule has 0 saturated carbocycles. The molecule has 4 nitrogen and oxygen atoms in total. The Bertz CT molecular complexity index is 477. The van der Waals surface area contributed by atoms with Gasteiger partial charge < -0.3 is 0 Å². The maximum atomic E-state index is 11.9. The third-order valence-corrected chi connectivity index (χ3v) is 3.67. The lowest BCUT2D eigenvalue weighted by Gasteiger charge is -2.16. The first-order chi connectivity index (χ1) is 7.34. The molecule has 0 aromatic heterocycles. The van der Waals surface area contributed by atoms with Crippen molar-refractivity contribution in [1.82, 2.24) is 4.41 Å². The minimum atomic E-state index is -3.60. The fourth-order valence-corrected chi connectivity index (χ4v) is 2.34. The Morgan fingerprint density at radius 2 is 1.88 bits per heavy atom. The van der Waals surface area contributed by atoms with E-state index in [-0.39, 0.29) is 11.4 Å². The summed E-state index contributed by atoms with van der Waals surface area (Å²) in [5, 5.41) is 0. The van der Waals surface area contributed by atoms with Crippen LogP contribution in [0.25, 0.3) is 0 Å². The number of hydrogen-bond acceptors (Lipinski definition) is 3. The lowest BCUT2D eigenvalue weighted by molar-refractivity contribution is 0.452. The van der Waals surface area contributed by atoms with Crippen LogP contribution in [0.1, 0.15) is 12.5 Å². The van der Waals surface area contributed by atoms with E-state index in [1.807, 2.05) is 6.92 Å². The van der Waals surface area contributed by atoms with Crippen LogP contribution in [0.2, 0.25) is 0 Å². The normalized spacial score (nSPS) is 11.8. The lowest BCUT2D eigenvalue weighted by atomic mass is 10.2. The first-order valence-corrected chi connectivity index (χ1v) is 6.26. The predicted octanol–water partition coefficient (Wildman–Crippen LogP) is 1.44. The van der Waals surface area contributed by atoms with E-state index in [9.17, 15) is 8.42 Å². The Labute approximate surface area is 96.4 Å². The summed E-state index contributed by atoms with van der Waals surface area (Å²) in [4.78, 5) is 0.196. The Hall–Kier alpha value is -1.17. The number of hydrazine groups is 1. The van der Waals surface area contributed by atoms with Gasteiger partial charge in [-0.25, -0.2) is 8.42 Å². The largest absolute Gasteiger partial charge is 0.255 e. The van der Waals surface area contributed by atoms with E-state index < -0.39 is 10.0 Å². The van der Waals surface area contributed by atoms with Gasteiger partial charge in [0.15, 0.2) is 0 Å². The van der Waals surface area contributed by atoms with Crippen molar-refractivity contribution >= 4 is 10.0 Å². The van der Waals surface area contributed by atoms with E-state index >= 15 is 0 Å². The quantitative estimate of drug-likeness (QED) is 0.492. The molecule has 0 amide bonds. The van der Waals surface area contributed by atoms with E-state index in [1.165, 1.54) is 0 Å². The van der Waals surface area contributed by atoms with Crippen molar-refractivity contribution in [2.45, 2.75) is 18.7 Å². The first kappa shape index (κ1) is 12.9. The molecule has 2 N–H and O–H groups in total. The van der Waals surface area contributed by atoms with Gasteiger partial charge in [0.2, 0.25) is 0 Å². The van der Waals surface area contributed by atoms with Crippen LogP contribution in [0.4, 0.5) is 0 Å². The van der Waals surface area contributed by atoms with E-state index in [1.54, 1.807) is 31.2 Å². The highest BCUT2D eigenvalue weighted by molar-refractivity contribution is 7.89. The van der Waals surface area contributed by atoms with Crippen molar-refractivity contribution in [3.05, 3.63) is 42.0 Å². The second-order valence-corrected chi connectivity index (χ2v) is 5.71. The topological polar surface area (TPSA) is 63.4 Å². The fourth-order valence-electron chi connectivity index (χ4n) is 1.20. The van der Waals surface area contributed by atoms with Gasteiger partial charge in [-0.2, -0.15) is 0 Å². The van der Waals surface area contributed by atoms with Crippen LogP contribution < -0.4 is 5.84 Å². The van der Waals surface area contributed by atoms with Gasteiger partial charge in [0.05, 0.1) is 4.90 Å². The van der Waals surface area contributed by atoms with Crippen molar-refractivity contribution in [3.63, 3.8) is 0 Å². The van der Waals surface area contributed by atoms with Gasteiger partial charge in [0.1, 0.15) is 0 Å². The molecule has 0 unspecified atom stereocenters. The molecule has 16 heavy (non-hydrogen) atoms. The van der Waals surface area contributed by atoms with Crippen LogP contribution >= 0.6 is 0 Å². The maximum Gasteiger partial charge on any atom is 0.255 e. The Morgan fingerprint density at radius 1 is 1.38 bits per heavy atom. The summed E-state index contributed by atoms with van der Waals surface area (Å²) in [5.74, 6) is 5.51. The second kappa shape index (κ2) is 4.78. The standard InChI is InChI=1S/C11H16N2O2S/c1-9(2)8-13(12)16(14,15)11-6-4-10(3)5-7-11/h4-7H,1,8,12H2,2-3H3. The van der Waals surface area contributed by atoms with E-state index in [0.717, 1.165) is 9.98 Å². The summed E-state index contributed by atoms with van der Waals surface area (Å²) in [7, 11) is -3.60. The Morgan fingerprint density at radius 3 is 2.31 bits per heavy atom. The predicted molar refractivity (Wildman–Crippen MR) is 64.1 cm³/mol. The minimum Gasteiger partial charge on any atom is -0.254 e. The highest BCUT2D eigenvalue weighted by Gasteiger charge is 2.20. The number of aryl methyl sites for hydroxylation is 1. The molecule has 88 valence electrons. The molecule has 0 fully saturated rings. The minimum absolute atomic E-state index is 0.121. The van der Waals surface area contributed by atoms with E-state index in [2.05, 4.69) is 6.58 Å². The zero-order valence-corrected chi connectivity index (χ0v) is 10.3. The molecule has 0 aliphatic rings. The van der Waals surface area contributed by atoms with Crippen molar-refractivity contribution < 1.29 is 8.42 Å². The number of nitrogens with two attached hydrogens (primary N) is 1. The number of benzene rings is 1. The summed E-state index contributed by atoms with van der Waals surface area (Å²) >= 11 is 0. The summed E-state index contributed by atoms with van der Waals surface area (Å²) in [6, 6.07) is 6.56. The molecular formula is C11H16N2O2S. The average molecular weight is 240 g/mol. The molecule has 1 rings (SSSR count). The highest BCUT2D eigenvalue weighted by Crippen LogP contribution is 2.14. The third-order valence-electron chi connectivity index (χ3n) is 2.05. The monoisotopic (exact) mass is 240 g/mol. The van der Waals surface area contributed by atoms with Crippen LogP contribution in [0.15, 0.2) is 41.3 Å². The molecule has 0 atom stereocenters. The number of sulfonamides is 1. The van der Waals surface area contributed by atoms with Gasteiger partial charge in [-0.05, 0) is 26.0 Å². The fraction of sp³-hybridized carbons (Fsp3) is 0.273. The van der Waals surface area contributed by atoms with Crippen molar-refractivity contribution in [2.24, 2.45) is 5.84 Å². The zero-order valence-electron chi connectivity index (χ0n) is 9.47. The van der Waals surface area contributed by atoms with Crippen LogP contribution in [0, 0.1) is 6.92 Å². The summed E-state index contributed by atoms with van der Waals surface area (Å²) < 4.78 is 24.7. The molecule has 0 aliphatic heterocycles. The Kier molecular flexibility index (Phi) is 3.85. The van der Waals surface area contributed by atoms with Crippen molar-refractivity contribution in [1.29, 1.82) is 0 Å². The summed E-state index contributed by atoms with van der Waals surface area (Å²) in [6.07, 6.45) is 0. The molecule has 5 heteroatoms. The number of hydrogen-bond donors (Lipinski definition) is 1. The first-order valence-electron chi connectivity index (χ1n) is 4.82. The van der Waals surface area contributed by atoms with Gasteiger partial charge in [0, 0.05) is 6.54 Å². The summed E-state index contributed by atoms with van der Waals surface area (Å²) in [5.41, 5.74) is 1.70. The molecule has 0 spiro atoms. The molecule has 0 heterocycles. The zero-order chi connectivity index (χ0) is 12.3. The highest BCUT2D eigenvalue weighted by atomic mass is 32.2. The maximum absolute atomic E-state index is 11.9. The smallest absolute Gasteiger partial charge is 0.254 e. The number of nitrogens with zero attached hydrogens (tertiary/aromatic N) is 1. The molecule has 0 bridgehead atoms. The molecular weight excluding hydrogens is 224 g/mol. The van der Waals surface area contributed by atoms with Crippen LogP contribution in [0.5, 0.6) is 0 Å². The van der Waals surface area contributed by atoms with Crippen LogP contribution in [0.3, 0.4) is 0 Å². The van der Waals surface area contributed by atoms with Gasteiger partial charge in [0.25, 0.3) is 10.0 Å². The summed E-state index contributed by atoms with van der Waals surface area (Å²) in [6.45, 7) is 7.37. The van der Waals surface area contributed by atoms with Crippen molar-refractivity contribution in [3.8, 4) is 0 Å². The van der Waals surface area contributed by atoms with Gasteiger partial charge in [-0.3, -0.25) is 5.84 Å². The van der Waals surface area contributed by atoms with Crippen molar-refractivity contribution in [2.75, 3.05) is 6.54 Å². The molecule has 0 saturated heterocycles. The molecule has 1 aromatic carbocycles. The molecule has 0 aliphatic carbocycles.